The first-order chi connectivity index (χ1) is 13.3. The number of benzene rings is 2. The van der Waals surface area contributed by atoms with Crippen molar-refractivity contribution < 1.29 is 13.6 Å². The van der Waals surface area contributed by atoms with Crippen LogP contribution in [0.4, 0.5) is 0 Å². The molecule has 0 fully saturated rings. The van der Waals surface area contributed by atoms with Crippen molar-refractivity contribution in [3.63, 3.8) is 0 Å². The molecule has 136 valence electrons. The van der Waals surface area contributed by atoms with Crippen molar-refractivity contribution in [1.29, 1.82) is 0 Å². The van der Waals surface area contributed by atoms with Crippen molar-refractivity contribution in [1.82, 2.24) is 20.4 Å². The summed E-state index contributed by atoms with van der Waals surface area (Å²) >= 11 is 1.33. The van der Waals surface area contributed by atoms with E-state index >= 15 is 0 Å². The molecular formula is C19H16N4O3S. The van der Waals surface area contributed by atoms with E-state index in [2.05, 4.69) is 20.4 Å². The van der Waals surface area contributed by atoms with Crippen LogP contribution >= 0.6 is 11.8 Å². The molecule has 0 N–H and O–H groups in total. The minimum absolute atomic E-state index is 0.218. The molecule has 0 spiro atoms. The number of ether oxygens (including phenoxy) is 1. The van der Waals surface area contributed by atoms with E-state index in [-0.39, 0.29) is 6.61 Å². The van der Waals surface area contributed by atoms with Crippen molar-refractivity contribution >= 4 is 11.8 Å². The fourth-order valence-corrected chi connectivity index (χ4v) is 2.96. The van der Waals surface area contributed by atoms with Gasteiger partial charge in [-0.25, -0.2) is 0 Å². The molecule has 0 saturated carbocycles. The molecule has 4 aromatic rings. The summed E-state index contributed by atoms with van der Waals surface area (Å²) < 4.78 is 16.9. The van der Waals surface area contributed by atoms with Gasteiger partial charge in [-0.3, -0.25) is 0 Å². The van der Waals surface area contributed by atoms with Crippen LogP contribution in [0.15, 0.2) is 68.7 Å². The van der Waals surface area contributed by atoms with Gasteiger partial charge in [-0.1, -0.05) is 42.1 Å². The highest BCUT2D eigenvalue weighted by molar-refractivity contribution is 7.98. The van der Waals surface area contributed by atoms with Crippen LogP contribution in [-0.2, 0) is 12.4 Å². The van der Waals surface area contributed by atoms with Crippen LogP contribution in [0, 0.1) is 6.92 Å². The summed E-state index contributed by atoms with van der Waals surface area (Å²) in [5, 5.41) is 16.5. The smallest absolute Gasteiger partial charge is 0.277 e. The van der Waals surface area contributed by atoms with Gasteiger partial charge >= 0.3 is 0 Å². The number of hydrogen-bond acceptors (Lipinski definition) is 8. The lowest BCUT2D eigenvalue weighted by Gasteiger charge is -2.03. The Morgan fingerprint density at radius 2 is 1.74 bits per heavy atom. The zero-order valence-corrected chi connectivity index (χ0v) is 15.3. The van der Waals surface area contributed by atoms with Gasteiger partial charge in [0, 0.05) is 5.56 Å². The van der Waals surface area contributed by atoms with Gasteiger partial charge in [-0.05, 0) is 36.8 Å². The maximum absolute atomic E-state index is 5.66. The highest BCUT2D eigenvalue weighted by Crippen LogP contribution is 2.24. The number of nitrogens with zero attached hydrogens (tertiary/aromatic N) is 4. The molecule has 2 aromatic heterocycles. The first-order valence-electron chi connectivity index (χ1n) is 8.29. The normalized spacial score (nSPS) is 10.9. The molecule has 0 aliphatic rings. The molecule has 8 heteroatoms. The molecule has 0 aliphatic heterocycles. The molecule has 0 unspecified atom stereocenters. The van der Waals surface area contributed by atoms with E-state index < -0.39 is 0 Å². The van der Waals surface area contributed by atoms with Crippen molar-refractivity contribution in [2.75, 3.05) is 0 Å². The van der Waals surface area contributed by atoms with Crippen LogP contribution in [-0.4, -0.2) is 20.4 Å². The van der Waals surface area contributed by atoms with Crippen LogP contribution in [0.5, 0.6) is 5.75 Å². The second kappa shape index (κ2) is 8.05. The van der Waals surface area contributed by atoms with Crippen molar-refractivity contribution in [2.45, 2.75) is 24.5 Å². The standard InChI is InChI=1S/C19H16N4O3S/c1-13-6-5-9-15(10-13)24-11-16-20-23-19(26-16)27-12-17-21-22-18(25-17)14-7-3-2-4-8-14/h2-10H,11-12H2,1H3. The minimum atomic E-state index is 0.218. The van der Waals surface area contributed by atoms with Crippen molar-refractivity contribution in [3.8, 4) is 17.2 Å². The van der Waals surface area contributed by atoms with Crippen molar-refractivity contribution in [3.05, 3.63) is 71.9 Å². The van der Waals surface area contributed by atoms with Crippen LogP contribution < -0.4 is 4.74 Å². The largest absolute Gasteiger partial charge is 0.484 e. The second-order valence-electron chi connectivity index (χ2n) is 5.72. The molecule has 0 atom stereocenters. The topological polar surface area (TPSA) is 87.1 Å². The number of aryl methyl sites for hydroxylation is 1. The van der Waals surface area contributed by atoms with Crippen molar-refractivity contribution in [2.24, 2.45) is 0 Å². The maximum Gasteiger partial charge on any atom is 0.277 e. The maximum atomic E-state index is 5.66. The molecule has 0 radical (unpaired) electrons. The minimum Gasteiger partial charge on any atom is -0.484 e. The Morgan fingerprint density at radius 1 is 0.889 bits per heavy atom. The fraction of sp³-hybridized carbons (Fsp3) is 0.158. The fourth-order valence-electron chi connectivity index (χ4n) is 2.34. The van der Waals surface area contributed by atoms with Gasteiger partial charge in [0.1, 0.15) is 5.75 Å². The summed E-state index contributed by atoms with van der Waals surface area (Å²) in [7, 11) is 0. The second-order valence-corrected chi connectivity index (χ2v) is 6.65. The molecule has 2 aromatic carbocycles. The van der Waals surface area contributed by atoms with E-state index in [1.807, 2.05) is 61.5 Å². The summed E-state index contributed by atoms with van der Waals surface area (Å²) in [5.41, 5.74) is 2.01. The Bertz CT molecular complexity index is 1020. The Balaban J connectivity index is 1.31. The van der Waals surface area contributed by atoms with E-state index in [9.17, 15) is 0 Å². The number of rotatable bonds is 7. The summed E-state index contributed by atoms with van der Waals surface area (Å²) in [6, 6.07) is 17.4. The monoisotopic (exact) mass is 380 g/mol. The molecule has 7 nitrogen and oxygen atoms in total. The molecule has 0 amide bonds. The Hall–Kier alpha value is -3.13. The average Bonchev–Trinajstić information content (AvgIpc) is 3.35. The number of hydrogen-bond donors (Lipinski definition) is 0. The van der Waals surface area contributed by atoms with Gasteiger partial charge in [0.05, 0.1) is 5.75 Å². The van der Waals surface area contributed by atoms with Crippen LogP contribution in [0.3, 0.4) is 0 Å². The van der Waals surface area contributed by atoms with E-state index in [1.165, 1.54) is 11.8 Å². The van der Waals surface area contributed by atoms with E-state index in [1.54, 1.807) is 0 Å². The van der Waals surface area contributed by atoms with E-state index in [4.69, 9.17) is 13.6 Å². The zero-order valence-electron chi connectivity index (χ0n) is 14.5. The van der Waals surface area contributed by atoms with Gasteiger partial charge in [-0.2, -0.15) is 0 Å². The molecule has 4 rings (SSSR count). The summed E-state index contributed by atoms with van der Waals surface area (Å²) in [6.07, 6.45) is 0. The summed E-state index contributed by atoms with van der Waals surface area (Å²) in [4.78, 5) is 0. The molecule has 0 aliphatic carbocycles. The lowest BCUT2D eigenvalue weighted by atomic mass is 10.2. The Kier molecular flexibility index (Phi) is 5.15. The molecule has 27 heavy (non-hydrogen) atoms. The average molecular weight is 380 g/mol. The third-order valence-electron chi connectivity index (χ3n) is 3.61. The first-order valence-corrected chi connectivity index (χ1v) is 9.27. The van der Waals surface area contributed by atoms with Gasteiger partial charge < -0.3 is 13.6 Å². The van der Waals surface area contributed by atoms with Crippen LogP contribution in [0.25, 0.3) is 11.5 Å². The quantitative estimate of drug-likeness (QED) is 0.439. The van der Waals surface area contributed by atoms with Gasteiger partial charge in [-0.15, -0.1) is 20.4 Å². The zero-order chi connectivity index (χ0) is 18.5. The SMILES string of the molecule is Cc1cccc(OCc2nnc(SCc3nnc(-c4ccccc4)o3)o2)c1. The molecular weight excluding hydrogens is 364 g/mol. The highest BCUT2D eigenvalue weighted by Gasteiger charge is 2.12. The predicted molar refractivity (Wildman–Crippen MR) is 99.1 cm³/mol. The Labute approximate surface area is 159 Å². The third-order valence-corrected chi connectivity index (χ3v) is 4.41. The van der Waals surface area contributed by atoms with E-state index in [0.29, 0.717) is 28.6 Å². The number of thioether (sulfide) groups is 1. The third kappa shape index (κ3) is 4.53. The Morgan fingerprint density at radius 3 is 2.59 bits per heavy atom. The first kappa shape index (κ1) is 17.3. The summed E-state index contributed by atoms with van der Waals surface area (Å²) in [6.45, 7) is 2.23. The highest BCUT2D eigenvalue weighted by atomic mass is 32.2. The predicted octanol–water partition coefficient (Wildman–Crippen LogP) is 4.30. The van der Waals surface area contributed by atoms with E-state index in [0.717, 1.165) is 16.9 Å². The van der Waals surface area contributed by atoms with Gasteiger partial charge in [0.2, 0.25) is 11.8 Å². The number of aromatic nitrogens is 4. The van der Waals surface area contributed by atoms with Crippen LogP contribution in [0.1, 0.15) is 17.3 Å². The lowest BCUT2D eigenvalue weighted by Crippen LogP contribution is -1.95. The molecule has 2 heterocycles. The van der Waals surface area contributed by atoms with Crippen LogP contribution in [0.2, 0.25) is 0 Å². The van der Waals surface area contributed by atoms with Gasteiger partial charge in [0.15, 0.2) is 6.61 Å². The molecule has 0 bridgehead atoms. The lowest BCUT2D eigenvalue weighted by molar-refractivity contribution is 0.252. The van der Waals surface area contributed by atoms with Gasteiger partial charge in [0.25, 0.3) is 11.1 Å². The summed E-state index contributed by atoms with van der Waals surface area (Å²) in [5.74, 6) is 2.61. The molecule has 0 saturated heterocycles.